The van der Waals surface area contributed by atoms with E-state index < -0.39 is 0 Å². The van der Waals surface area contributed by atoms with E-state index in [1.54, 1.807) is 6.92 Å². The van der Waals surface area contributed by atoms with Crippen molar-refractivity contribution in [3.8, 4) is 0 Å². The molecule has 0 aliphatic heterocycles. The van der Waals surface area contributed by atoms with Gasteiger partial charge in [0.25, 0.3) is 0 Å². The summed E-state index contributed by atoms with van der Waals surface area (Å²) in [5.74, 6) is 0.790. The van der Waals surface area contributed by atoms with Gasteiger partial charge in [0.15, 0.2) is 0 Å². The molecule has 2 aliphatic rings. The second kappa shape index (κ2) is 3.65. The van der Waals surface area contributed by atoms with E-state index >= 15 is 0 Å². The Kier molecular flexibility index (Phi) is 2.65. The minimum atomic E-state index is -0.220. The summed E-state index contributed by atoms with van der Waals surface area (Å²) in [4.78, 5) is 11.8. The minimum Gasteiger partial charge on any atom is -0.393 e. The Hall–Kier alpha value is -0.370. The predicted molar refractivity (Wildman–Crippen MR) is 54.9 cm³/mol. The number of carbonyl (C=O) groups is 1. The van der Waals surface area contributed by atoms with E-state index in [-0.39, 0.29) is 11.5 Å². The van der Waals surface area contributed by atoms with E-state index in [0.29, 0.717) is 11.7 Å². The van der Waals surface area contributed by atoms with Gasteiger partial charge in [-0.2, -0.15) is 0 Å². The molecule has 2 rings (SSSR count). The molecule has 0 aromatic carbocycles. The second-order valence-corrected chi connectivity index (χ2v) is 5.10. The van der Waals surface area contributed by atoms with E-state index in [4.69, 9.17) is 0 Å². The van der Waals surface area contributed by atoms with Crippen molar-refractivity contribution in [1.29, 1.82) is 0 Å². The highest BCUT2D eigenvalue weighted by Crippen LogP contribution is 2.51. The Balaban J connectivity index is 2.25. The quantitative estimate of drug-likeness (QED) is 0.698. The molecule has 14 heavy (non-hydrogen) atoms. The maximum atomic E-state index is 11.8. The number of ketones is 1. The van der Waals surface area contributed by atoms with Gasteiger partial charge in [0.05, 0.1) is 6.10 Å². The monoisotopic (exact) mass is 196 g/mol. The van der Waals surface area contributed by atoms with Crippen LogP contribution in [-0.4, -0.2) is 17.0 Å². The topological polar surface area (TPSA) is 37.3 Å². The largest absolute Gasteiger partial charge is 0.393 e. The Morgan fingerprint density at radius 3 is 2.86 bits per heavy atom. The van der Waals surface area contributed by atoms with Crippen LogP contribution in [0, 0.1) is 11.3 Å². The highest BCUT2D eigenvalue weighted by molar-refractivity contribution is 5.83. The van der Waals surface area contributed by atoms with E-state index in [2.05, 4.69) is 0 Å². The fraction of sp³-hybridized carbons (Fsp3) is 0.917. The molecule has 0 radical (unpaired) electrons. The molecule has 0 heterocycles. The van der Waals surface area contributed by atoms with E-state index in [1.165, 1.54) is 19.3 Å². The van der Waals surface area contributed by atoms with E-state index in [0.717, 1.165) is 25.7 Å². The summed E-state index contributed by atoms with van der Waals surface area (Å²) in [5.41, 5.74) is -0.143. The van der Waals surface area contributed by atoms with Gasteiger partial charge in [-0.3, -0.25) is 4.79 Å². The van der Waals surface area contributed by atoms with Crippen LogP contribution in [0.1, 0.15) is 51.9 Å². The summed E-state index contributed by atoms with van der Waals surface area (Å²) in [6.07, 6.45) is 7.21. The standard InChI is InChI=1S/C12H20O2/c1-9(13)12-6-4-2-3-5-10(12)7-11(14)8-12/h10-11,14H,2-8H2,1H3/t10-,11+,12+/m0/s1. The minimum absolute atomic E-state index is 0.143. The number of hydrogen-bond donors (Lipinski definition) is 1. The van der Waals surface area contributed by atoms with Crippen molar-refractivity contribution in [2.75, 3.05) is 0 Å². The summed E-state index contributed by atoms with van der Waals surface area (Å²) in [5, 5.41) is 9.71. The van der Waals surface area contributed by atoms with Gasteiger partial charge in [-0.1, -0.05) is 19.3 Å². The summed E-state index contributed by atoms with van der Waals surface area (Å²) >= 11 is 0. The Bertz CT molecular complexity index is 236. The van der Waals surface area contributed by atoms with E-state index in [1.807, 2.05) is 0 Å². The molecule has 2 heteroatoms. The zero-order valence-electron chi connectivity index (χ0n) is 8.96. The molecule has 0 aromatic heterocycles. The number of aliphatic hydroxyl groups is 1. The van der Waals surface area contributed by atoms with Crippen LogP contribution in [0.3, 0.4) is 0 Å². The molecule has 1 N–H and O–H groups in total. The first kappa shape index (κ1) is 10.2. The molecule has 0 unspecified atom stereocenters. The zero-order valence-corrected chi connectivity index (χ0v) is 8.96. The number of aliphatic hydroxyl groups excluding tert-OH is 1. The van der Waals surface area contributed by atoms with E-state index in [9.17, 15) is 9.90 Å². The molecule has 2 aliphatic carbocycles. The van der Waals surface area contributed by atoms with Crippen LogP contribution in [0.15, 0.2) is 0 Å². The van der Waals surface area contributed by atoms with Crippen LogP contribution in [0.2, 0.25) is 0 Å². The van der Waals surface area contributed by atoms with Crippen molar-refractivity contribution in [2.24, 2.45) is 11.3 Å². The lowest BCUT2D eigenvalue weighted by molar-refractivity contribution is -0.129. The molecule has 2 nitrogen and oxygen atoms in total. The molecule has 0 aromatic rings. The molecule has 0 amide bonds. The molecular weight excluding hydrogens is 176 g/mol. The predicted octanol–water partition coefficient (Wildman–Crippen LogP) is 2.30. The summed E-state index contributed by atoms with van der Waals surface area (Å²) in [7, 11) is 0. The maximum Gasteiger partial charge on any atom is 0.136 e. The molecular formula is C12H20O2. The first-order valence-corrected chi connectivity index (χ1v) is 5.84. The number of fused-ring (bicyclic) bond motifs is 1. The Morgan fingerprint density at radius 1 is 1.36 bits per heavy atom. The average Bonchev–Trinajstić information content (AvgIpc) is 2.30. The van der Waals surface area contributed by atoms with Gasteiger partial charge in [0, 0.05) is 5.41 Å². The maximum absolute atomic E-state index is 11.8. The molecule has 2 saturated carbocycles. The van der Waals surface area contributed by atoms with Crippen LogP contribution in [-0.2, 0) is 4.79 Å². The molecule has 0 spiro atoms. The number of carbonyl (C=O) groups excluding carboxylic acids is 1. The summed E-state index contributed by atoms with van der Waals surface area (Å²) in [6.45, 7) is 1.72. The smallest absolute Gasteiger partial charge is 0.136 e. The van der Waals surface area contributed by atoms with Gasteiger partial charge in [-0.05, 0) is 38.5 Å². The third-order valence-corrected chi connectivity index (χ3v) is 4.31. The van der Waals surface area contributed by atoms with Crippen LogP contribution >= 0.6 is 0 Å². The van der Waals surface area contributed by atoms with Crippen molar-refractivity contribution in [3.63, 3.8) is 0 Å². The van der Waals surface area contributed by atoms with Crippen molar-refractivity contribution < 1.29 is 9.90 Å². The zero-order chi connectivity index (χ0) is 10.2. The Morgan fingerprint density at radius 2 is 2.14 bits per heavy atom. The fourth-order valence-electron chi connectivity index (χ4n) is 3.54. The van der Waals surface area contributed by atoms with Gasteiger partial charge in [-0.15, -0.1) is 0 Å². The van der Waals surface area contributed by atoms with Crippen molar-refractivity contribution >= 4 is 5.78 Å². The SMILES string of the molecule is CC(=O)[C@]12CCCCC[C@H]1C[C@@H](O)C2. The highest BCUT2D eigenvalue weighted by Gasteiger charge is 2.49. The Labute approximate surface area is 85.7 Å². The summed E-state index contributed by atoms with van der Waals surface area (Å²) in [6, 6.07) is 0. The van der Waals surface area contributed by atoms with Crippen molar-refractivity contribution in [1.82, 2.24) is 0 Å². The number of Topliss-reactive ketones (excluding diaryl/α,β-unsaturated/α-hetero) is 1. The van der Waals surface area contributed by atoms with Crippen LogP contribution in [0.25, 0.3) is 0 Å². The third-order valence-electron chi connectivity index (χ3n) is 4.31. The van der Waals surface area contributed by atoms with Crippen LogP contribution in [0.4, 0.5) is 0 Å². The van der Waals surface area contributed by atoms with Gasteiger partial charge in [-0.25, -0.2) is 0 Å². The lowest BCUT2D eigenvalue weighted by Gasteiger charge is -2.31. The molecule has 3 atom stereocenters. The van der Waals surface area contributed by atoms with Crippen molar-refractivity contribution in [3.05, 3.63) is 0 Å². The highest BCUT2D eigenvalue weighted by atomic mass is 16.3. The molecule has 2 fully saturated rings. The van der Waals surface area contributed by atoms with Crippen molar-refractivity contribution in [2.45, 2.75) is 58.0 Å². The number of rotatable bonds is 1. The number of hydrogen-bond acceptors (Lipinski definition) is 2. The first-order chi connectivity index (χ1) is 6.65. The van der Waals surface area contributed by atoms with Crippen LogP contribution < -0.4 is 0 Å². The average molecular weight is 196 g/mol. The van der Waals surface area contributed by atoms with Crippen LogP contribution in [0.5, 0.6) is 0 Å². The second-order valence-electron chi connectivity index (χ2n) is 5.10. The first-order valence-electron chi connectivity index (χ1n) is 5.84. The van der Waals surface area contributed by atoms with Gasteiger partial charge in [0.1, 0.15) is 5.78 Å². The lowest BCUT2D eigenvalue weighted by atomic mass is 9.71. The third kappa shape index (κ3) is 1.50. The fourth-order valence-corrected chi connectivity index (χ4v) is 3.54. The van der Waals surface area contributed by atoms with Gasteiger partial charge < -0.3 is 5.11 Å². The van der Waals surface area contributed by atoms with Gasteiger partial charge >= 0.3 is 0 Å². The normalized spacial score (nSPS) is 43.0. The lowest BCUT2D eigenvalue weighted by Crippen LogP contribution is -2.32. The molecule has 0 bridgehead atoms. The summed E-state index contributed by atoms with van der Waals surface area (Å²) < 4.78 is 0. The van der Waals surface area contributed by atoms with Gasteiger partial charge in [0.2, 0.25) is 0 Å². The molecule has 0 saturated heterocycles. The molecule has 80 valence electrons.